The van der Waals surface area contributed by atoms with Crippen LogP contribution >= 0.6 is 0 Å². The number of nitrogens with zero attached hydrogens (tertiary/aromatic N) is 2. The van der Waals surface area contributed by atoms with Crippen LogP contribution in [0, 0.1) is 0 Å². The van der Waals surface area contributed by atoms with Crippen molar-refractivity contribution in [2.75, 3.05) is 13.2 Å². The molecule has 1 N–H and O–H groups in total. The molecule has 0 saturated carbocycles. The van der Waals surface area contributed by atoms with E-state index in [1.54, 1.807) is 0 Å². The van der Waals surface area contributed by atoms with Gasteiger partial charge in [-0.25, -0.2) is 0 Å². The summed E-state index contributed by atoms with van der Waals surface area (Å²) in [6.07, 6.45) is 3.07. The van der Waals surface area contributed by atoms with Gasteiger partial charge in [0.2, 0.25) is 0 Å². The zero-order valence-corrected chi connectivity index (χ0v) is 14.9. The molecule has 1 atom stereocenters. The van der Waals surface area contributed by atoms with Gasteiger partial charge in [-0.3, -0.25) is 0 Å². The maximum atomic E-state index is 5.68. The first kappa shape index (κ1) is 16.6. The van der Waals surface area contributed by atoms with E-state index >= 15 is 0 Å². The topological polar surface area (TPSA) is 38.5 Å². The lowest BCUT2D eigenvalue weighted by molar-refractivity contribution is 0.124. The van der Waals surface area contributed by atoms with E-state index in [0.29, 0.717) is 6.61 Å². The maximum Gasteiger partial charge on any atom is 0.136 e. The average molecular weight is 345 g/mol. The number of hydrogen-bond acceptors (Lipinski definition) is 3. The van der Waals surface area contributed by atoms with E-state index in [9.17, 15) is 0 Å². The van der Waals surface area contributed by atoms with Gasteiger partial charge in [0.15, 0.2) is 0 Å². The summed E-state index contributed by atoms with van der Waals surface area (Å²) in [6.45, 7) is 3.59. The monoisotopic (exact) mass is 345 g/mol. The first-order valence-corrected chi connectivity index (χ1v) is 9.08. The highest BCUT2D eigenvalue weighted by Gasteiger charge is 2.24. The van der Waals surface area contributed by atoms with E-state index in [0.717, 1.165) is 35.6 Å². The Hall–Kier alpha value is -2.85. The number of aromatic nitrogens is 1. The molecule has 2 aromatic carbocycles. The largest absolute Gasteiger partial charge is 0.394 e. The molecular formula is C22H23N3O. The summed E-state index contributed by atoms with van der Waals surface area (Å²) in [6, 6.07) is 23.1. The molecule has 4 nitrogen and oxygen atoms in total. The van der Waals surface area contributed by atoms with Crippen LogP contribution in [0.5, 0.6) is 0 Å². The standard InChI is InChI=1S/C22H23N3O/c1-17(23-14-13-18-8-3-2-4-9-18)16-26-24-22-19-10-5-6-11-20(19)25-15-7-12-21(22)25/h2-12,15,17,23H,13-14,16H2,1H3. The Balaban J connectivity index is 1.33. The molecule has 0 saturated heterocycles. The van der Waals surface area contributed by atoms with Crippen LogP contribution in [0.15, 0.2) is 78.1 Å². The zero-order valence-electron chi connectivity index (χ0n) is 14.9. The van der Waals surface area contributed by atoms with Crippen LogP contribution in [-0.2, 0) is 11.3 Å². The van der Waals surface area contributed by atoms with Gasteiger partial charge in [0.25, 0.3) is 0 Å². The van der Waals surface area contributed by atoms with Gasteiger partial charge in [0.05, 0.1) is 11.4 Å². The van der Waals surface area contributed by atoms with Gasteiger partial charge in [0.1, 0.15) is 12.3 Å². The Morgan fingerprint density at radius 3 is 2.69 bits per heavy atom. The quantitative estimate of drug-likeness (QED) is 0.518. The molecule has 26 heavy (non-hydrogen) atoms. The fraction of sp³-hybridized carbons (Fsp3) is 0.227. The first-order chi connectivity index (χ1) is 12.8. The molecule has 3 aromatic rings. The Morgan fingerprint density at radius 2 is 1.81 bits per heavy atom. The maximum absolute atomic E-state index is 5.68. The Labute approximate surface area is 154 Å². The van der Waals surface area contributed by atoms with Crippen LogP contribution in [0.25, 0.3) is 5.69 Å². The molecule has 1 aliphatic rings. The molecular weight excluding hydrogens is 322 g/mol. The number of oxime groups is 1. The normalized spacial score (nSPS) is 14.9. The van der Waals surface area contributed by atoms with Crippen LogP contribution in [0.1, 0.15) is 23.7 Å². The molecule has 1 aliphatic heterocycles. The zero-order chi connectivity index (χ0) is 17.8. The molecule has 0 aliphatic carbocycles. The minimum atomic E-state index is 0.242. The number of hydrogen-bond donors (Lipinski definition) is 1. The smallest absolute Gasteiger partial charge is 0.136 e. The predicted molar refractivity (Wildman–Crippen MR) is 105 cm³/mol. The van der Waals surface area contributed by atoms with E-state index in [4.69, 9.17) is 4.84 Å². The molecule has 4 heteroatoms. The molecule has 0 bridgehead atoms. The fourth-order valence-electron chi connectivity index (χ4n) is 3.28. The Bertz CT molecular complexity index is 899. The summed E-state index contributed by atoms with van der Waals surface area (Å²) >= 11 is 0. The highest BCUT2D eigenvalue weighted by molar-refractivity contribution is 6.17. The van der Waals surface area contributed by atoms with Gasteiger partial charge < -0.3 is 14.7 Å². The van der Waals surface area contributed by atoms with Crippen molar-refractivity contribution < 1.29 is 4.84 Å². The molecule has 1 unspecified atom stereocenters. The van der Waals surface area contributed by atoms with E-state index < -0.39 is 0 Å². The highest BCUT2D eigenvalue weighted by atomic mass is 16.6. The SMILES string of the molecule is CC(CON=C1c2ccccc2-n2cccc21)NCCc1ccccc1. The first-order valence-electron chi connectivity index (χ1n) is 9.08. The number of benzene rings is 2. The summed E-state index contributed by atoms with van der Waals surface area (Å²) < 4.78 is 2.15. The van der Waals surface area contributed by atoms with Gasteiger partial charge in [-0.2, -0.15) is 0 Å². The van der Waals surface area contributed by atoms with Crippen molar-refractivity contribution in [3.05, 3.63) is 89.7 Å². The summed E-state index contributed by atoms with van der Waals surface area (Å²) in [7, 11) is 0. The van der Waals surface area contributed by atoms with Gasteiger partial charge in [0, 0.05) is 17.8 Å². The van der Waals surface area contributed by atoms with Gasteiger partial charge >= 0.3 is 0 Å². The molecule has 0 amide bonds. The van der Waals surface area contributed by atoms with Crippen molar-refractivity contribution in [2.45, 2.75) is 19.4 Å². The third kappa shape index (κ3) is 3.41. The van der Waals surface area contributed by atoms with Crippen molar-refractivity contribution in [3.8, 4) is 5.69 Å². The number of para-hydroxylation sites is 1. The second-order valence-corrected chi connectivity index (χ2v) is 6.61. The minimum Gasteiger partial charge on any atom is -0.394 e. The summed E-state index contributed by atoms with van der Waals surface area (Å²) in [5.74, 6) is 0. The molecule has 4 rings (SSSR count). The van der Waals surface area contributed by atoms with Crippen LogP contribution < -0.4 is 5.32 Å². The molecule has 1 aromatic heterocycles. The van der Waals surface area contributed by atoms with Crippen LogP contribution in [-0.4, -0.2) is 29.5 Å². The molecule has 132 valence electrons. The van der Waals surface area contributed by atoms with Crippen molar-refractivity contribution in [3.63, 3.8) is 0 Å². The molecule has 0 spiro atoms. The van der Waals surface area contributed by atoms with E-state index in [2.05, 4.69) is 70.6 Å². The third-order valence-electron chi connectivity index (χ3n) is 4.64. The number of fused-ring (bicyclic) bond motifs is 3. The van der Waals surface area contributed by atoms with E-state index in [1.165, 1.54) is 5.56 Å². The van der Waals surface area contributed by atoms with Crippen molar-refractivity contribution in [1.29, 1.82) is 0 Å². The van der Waals surface area contributed by atoms with Crippen LogP contribution in [0.4, 0.5) is 0 Å². The fourth-order valence-corrected chi connectivity index (χ4v) is 3.28. The molecule has 0 fully saturated rings. The summed E-state index contributed by atoms with van der Waals surface area (Å²) in [4.78, 5) is 5.68. The number of rotatable bonds is 7. The lowest BCUT2D eigenvalue weighted by Gasteiger charge is -2.12. The van der Waals surface area contributed by atoms with E-state index in [1.807, 2.05) is 24.3 Å². The summed E-state index contributed by atoms with van der Waals surface area (Å²) in [5.41, 5.74) is 5.60. The Kier molecular flexibility index (Phi) is 4.84. The lowest BCUT2D eigenvalue weighted by atomic mass is 10.1. The lowest BCUT2D eigenvalue weighted by Crippen LogP contribution is -2.31. The minimum absolute atomic E-state index is 0.242. The van der Waals surface area contributed by atoms with Crippen molar-refractivity contribution in [2.24, 2.45) is 5.16 Å². The van der Waals surface area contributed by atoms with Gasteiger partial charge in [-0.05, 0) is 43.7 Å². The summed E-state index contributed by atoms with van der Waals surface area (Å²) in [5, 5.41) is 7.93. The van der Waals surface area contributed by atoms with Crippen molar-refractivity contribution in [1.82, 2.24) is 9.88 Å². The molecule has 0 radical (unpaired) electrons. The molecule has 2 heterocycles. The third-order valence-corrected chi connectivity index (χ3v) is 4.64. The predicted octanol–water partition coefficient (Wildman–Crippen LogP) is 3.78. The van der Waals surface area contributed by atoms with Gasteiger partial charge in [-0.15, -0.1) is 0 Å². The van der Waals surface area contributed by atoms with Gasteiger partial charge in [-0.1, -0.05) is 53.7 Å². The second kappa shape index (κ2) is 7.58. The second-order valence-electron chi connectivity index (χ2n) is 6.61. The number of nitrogens with one attached hydrogen (secondary N) is 1. The highest BCUT2D eigenvalue weighted by Crippen LogP contribution is 2.28. The van der Waals surface area contributed by atoms with Crippen LogP contribution in [0.2, 0.25) is 0 Å². The average Bonchev–Trinajstić information content (AvgIpc) is 3.25. The Morgan fingerprint density at radius 1 is 1.00 bits per heavy atom. The van der Waals surface area contributed by atoms with Crippen molar-refractivity contribution >= 4 is 5.71 Å². The van der Waals surface area contributed by atoms with Crippen LogP contribution in [0.3, 0.4) is 0 Å². The van der Waals surface area contributed by atoms with E-state index in [-0.39, 0.29) is 6.04 Å².